The number of sulfonamides is 1. The highest BCUT2D eigenvalue weighted by Crippen LogP contribution is 2.29. The number of aryl methyl sites for hydroxylation is 1. The molecule has 8 heteroatoms. The van der Waals surface area contributed by atoms with Crippen molar-refractivity contribution in [1.82, 2.24) is 9.62 Å². The first-order chi connectivity index (χ1) is 14.7. The molecule has 31 heavy (non-hydrogen) atoms. The van der Waals surface area contributed by atoms with Crippen LogP contribution in [0.3, 0.4) is 0 Å². The molecule has 1 aromatic carbocycles. The smallest absolute Gasteiger partial charge is 0.338 e. The van der Waals surface area contributed by atoms with Crippen molar-refractivity contribution in [2.45, 2.75) is 70.2 Å². The molecular weight excluding hydrogens is 416 g/mol. The Morgan fingerprint density at radius 3 is 2.52 bits per heavy atom. The fourth-order valence-electron chi connectivity index (χ4n) is 4.50. The Bertz CT molecular complexity index is 909. The average molecular weight is 451 g/mol. The lowest BCUT2D eigenvalue weighted by atomic mass is 9.78. The number of nitrogens with zero attached hydrogens (tertiary/aromatic N) is 1. The summed E-state index contributed by atoms with van der Waals surface area (Å²) in [5.41, 5.74) is 0.717. The van der Waals surface area contributed by atoms with E-state index >= 15 is 0 Å². The number of benzene rings is 1. The number of hydrogen-bond donors (Lipinski definition) is 1. The highest BCUT2D eigenvalue weighted by Gasteiger charge is 2.30. The van der Waals surface area contributed by atoms with Gasteiger partial charge in [0.25, 0.3) is 5.91 Å². The molecule has 0 unspecified atom stereocenters. The largest absolute Gasteiger partial charge is 0.452 e. The molecule has 0 radical (unpaired) electrons. The number of carbonyl (C=O) groups is 2. The Kier molecular flexibility index (Phi) is 7.75. The van der Waals surface area contributed by atoms with Crippen molar-refractivity contribution < 1.29 is 22.7 Å². The van der Waals surface area contributed by atoms with Gasteiger partial charge in [-0.3, -0.25) is 4.79 Å². The molecule has 0 aromatic heterocycles. The molecule has 172 valence electrons. The maximum atomic E-state index is 13.0. The van der Waals surface area contributed by atoms with Gasteiger partial charge in [0.2, 0.25) is 10.0 Å². The second kappa shape index (κ2) is 10.1. The van der Waals surface area contributed by atoms with Gasteiger partial charge in [0.15, 0.2) is 6.61 Å². The van der Waals surface area contributed by atoms with E-state index < -0.39 is 16.0 Å². The quantitative estimate of drug-likeness (QED) is 0.672. The Balaban J connectivity index is 1.63. The standard InChI is InChI=1S/C23H34N2O5S/c1-16-8-7-9-20(18(16)3)24-22(26)15-30-23(27)19-11-10-17(2)21(14-19)31(28,29)25-12-5-4-6-13-25/h10-11,14,16,18,20H,4-9,12-13,15H2,1-3H3,(H,24,26)/t16-,18+,20+/m1/s1. The maximum Gasteiger partial charge on any atom is 0.338 e. The predicted molar refractivity (Wildman–Crippen MR) is 118 cm³/mol. The van der Waals surface area contributed by atoms with Crippen molar-refractivity contribution in [2.75, 3.05) is 19.7 Å². The minimum Gasteiger partial charge on any atom is -0.452 e. The van der Waals surface area contributed by atoms with Crippen LogP contribution in [0.5, 0.6) is 0 Å². The molecule has 1 amide bonds. The zero-order valence-corrected chi connectivity index (χ0v) is 19.5. The molecule has 2 aliphatic rings. The highest BCUT2D eigenvalue weighted by atomic mass is 32.2. The van der Waals surface area contributed by atoms with Gasteiger partial charge in [-0.25, -0.2) is 13.2 Å². The van der Waals surface area contributed by atoms with Gasteiger partial charge in [0.05, 0.1) is 10.5 Å². The Morgan fingerprint density at radius 1 is 1.10 bits per heavy atom. The van der Waals surface area contributed by atoms with Crippen LogP contribution in [0.2, 0.25) is 0 Å². The lowest BCUT2D eigenvalue weighted by Crippen LogP contribution is -2.45. The van der Waals surface area contributed by atoms with E-state index in [4.69, 9.17) is 4.74 Å². The van der Waals surface area contributed by atoms with Crippen LogP contribution in [0.15, 0.2) is 23.1 Å². The third kappa shape index (κ3) is 5.66. The number of piperidine rings is 1. The third-order valence-electron chi connectivity index (χ3n) is 6.74. The molecule has 0 spiro atoms. The first-order valence-electron chi connectivity index (χ1n) is 11.3. The Labute approximate surface area is 185 Å². The fourth-order valence-corrected chi connectivity index (χ4v) is 6.27. The summed E-state index contributed by atoms with van der Waals surface area (Å²) in [6.07, 6.45) is 5.88. The van der Waals surface area contributed by atoms with Crippen LogP contribution in [0, 0.1) is 18.8 Å². The van der Waals surface area contributed by atoms with Crippen LogP contribution in [0.25, 0.3) is 0 Å². The van der Waals surface area contributed by atoms with E-state index in [9.17, 15) is 18.0 Å². The van der Waals surface area contributed by atoms with Crippen LogP contribution in [0.4, 0.5) is 0 Å². The van der Waals surface area contributed by atoms with Crippen molar-refractivity contribution in [1.29, 1.82) is 0 Å². The SMILES string of the molecule is Cc1ccc(C(=O)OCC(=O)N[C@H]2CCC[C@@H](C)[C@@H]2C)cc1S(=O)(=O)N1CCCCC1. The number of hydrogen-bond acceptors (Lipinski definition) is 5. The van der Waals surface area contributed by atoms with E-state index in [0.29, 0.717) is 30.5 Å². The lowest BCUT2D eigenvalue weighted by molar-refractivity contribution is -0.125. The summed E-state index contributed by atoms with van der Waals surface area (Å²) in [5, 5.41) is 2.97. The number of nitrogens with one attached hydrogen (secondary N) is 1. The van der Waals surface area contributed by atoms with Gasteiger partial charge < -0.3 is 10.1 Å². The topological polar surface area (TPSA) is 92.8 Å². The van der Waals surface area contributed by atoms with E-state index in [1.165, 1.54) is 22.9 Å². The summed E-state index contributed by atoms with van der Waals surface area (Å²) >= 11 is 0. The van der Waals surface area contributed by atoms with E-state index in [2.05, 4.69) is 19.2 Å². The highest BCUT2D eigenvalue weighted by molar-refractivity contribution is 7.89. The molecule has 1 aliphatic carbocycles. The van der Waals surface area contributed by atoms with Gasteiger partial charge in [0, 0.05) is 19.1 Å². The summed E-state index contributed by atoms with van der Waals surface area (Å²) in [5.74, 6) is -0.0923. The van der Waals surface area contributed by atoms with E-state index in [1.807, 2.05) is 0 Å². The van der Waals surface area contributed by atoms with Crippen LogP contribution in [0.1, 0.15) is 68.3 Å². The molecule has 2 fully saturated rings. The molecule has 1 aromatic rings. The van der Waals surface area contributed by atoms with E-state index in [-0.39, 0.29) is 29.0 Å². The summed E-state index contributed by atoms with van der Waals surface area (Å²) in [6.45, 7) is 6.65. The van der Waals surface area contributed by atoms with E-state index in [0.717, 1.165) is 32.1 Å². The van der Waals surface area contributed by atoms with Crippen molar-refractivity contribution in [3.63, 3.8) is 0 Å². The van der Waals surface area contributed by atoms with Gasteiger partial charge in [0.1, 0.15) is 0 Å². The van der Waals surface area contributed by atoms with Crippen molar-refractivity contribution >= 4 is 21.9 Å². The Morgan fingerprint density at radius 2 is 1.81 bits per heavy atom. The number of carbonyl (C=O) groups excluding carboxylic acids is 2. The van der Waals surface area contributed by atoms with Gasteiger partial charge >= 0.3 is 5.97 Å². The minimum atomic E-state index is -3.66. The molecule has 1 saturated carbocycles. The van der Waals surface area contributed by atoms with Crippen LogP contribution in [-0.2, 0) is 19.6 Å². The maximum absolute atomic E-state index is 13.0. The lowest BCUT2D eigenvalue weighted by Gasteiger charge is -2.34. The van der Waals surface area contributed by atoms with Crippen molar-refractivity contribution in [3.8, 4) is 0 Å². The first kappa shape index (κ1) is 23.7. The zero-order chi connectivity index (χ0) is 22.6. The fraction of sp³-hybridized carbons (Fsp3) is 0.652. The third-order valence-corrected chi connectivity index (χ3v) is 8.78. The second-order valence-corrected chi connectivity index (χ2v) is 10.9. The van der Waals surface area contributed by atoms with Crippen molar-refractivity contribution in [3.05, 3.63) is 29.3 Å². The molecule has 1 heterocycles. The average Bonchev–Trinajstić information content (AvgIpc) is 2.76. The number of amides is 1. The number of esters is 1. The van der Waals surface area contributed by atoms with Gasteiger partial charge in [-0.1, -0.05) is 39.2 Å². The van der Waals surface area contributed by atoms with Gasteiger partial charge in [-0.2, -0.15) is 4.31 Å². The van der Waals surface area contributed by atoms with Crippen molar-refractivity contribution in [2.24, 2.45) is 11.8 Å². The normalized spacial score (nSPS) is 25.1. The molecule has 3 rings (SSSR count). The van der Waals surface area contributed by atoms with Crippen LogP contribution < -0.4 is 5.32 Å². The molecule has 1 N–H and O–H groups in total. The van der Waals surface area contributed by atoms with Crippen LogP contribution in [-0.4, -0.2) is 50.3 Å². The summed E-state index contributed by atoms with van der Waals surface area (Å²) < 4.78 is 32.7. The molecule has 3 atom stereocenters. The van der Waals surface area contributed by atoms with Crippen LogP contribution >= 0.6 is 0 Å². The Hall–Kier alpha value is -1.93. The number of ether oxygens (including phenoxy) is 1. The molecule has 1 saturated heterocycles. The van der Waals surface area contributed by atoms with Gasteiger partial charge in [-0.05, 0) is 55.7 Å². The molecule has 1 aliphatic heterocycles. The zero-order valence-electron chi connectivity index (χ0n) is 18.7. The summed E-state index contributed by atoms with van der Waals surface area (Å²) in [6, 6.07) is 4.61. The monoisotopic (exact) mass is 450 g/mol. The van der Waals surface area contributed by atoms with E-state index in [1.54, 1.807) is 13.0 Å². The van der Waals surface area contributed by atoms with Gasteiger partial charge in [-0.15, -0.1) is 0 Å². The molecule has 7 nitrogen and oxygen atoms in total. The minimum absolute atomic E-state index is 0.0932. The predicted octanol–water partition coefficient (Wildman–Crippen LogP) is 3.27. The number of rotatable bonds is 6. The first-order valence-corrected chi connectivity index (χ1v) is 12.7. The summed E-state index contributed by atoms with van der Waals surface area (Å²) in [7, 11) is -3.66. The summed E-state index contributed by atoms with van der Waals surface area (Å²) in [4.78, 5) is 24.9. The molecule has 0 bridgehead atoms. The molecular formula is C23H34N2O5S. The second-order valence-electron chi connectivity index (χ2n) is 8.96.